The van der Waals surface area contributed by atoms with Gasteiger partial charge in [-0.2, -0.15) is 23.1 Å². The SMILES string of the molecule is C=C(COc1ccc2nc3c(cc2c1)Cn1c-3cc2c(c1=O)COC(=O)[C@]2(O)CC)C(=O)N1CCN(c2nc(OC[C@@H]3CCCN3C)nc3c(F)c(-c4nc(N)cc(C)c4C(F)(F)F)c(Cl)cc23)[C@@H](C)C1. The van der Waals surface area contributed by atoms with E-state index in [-0.39, 0.29) is 126 Å². The molecule has 4 aliphatic rings. The van der Waals surface area contributed by atoms with Gasteiger partial charge in [0.1, 0.15) is 42.7 Å². The van der Waals surface area contributed by atoms with Crippen LogP contribution < -0.4 is 25.7 Å². The van der Waals surface area contributed by atoms with E-state index in [1.54, 1.807) is 40.7 Å². The van der Waals surface area contributed by atoms with Crippen molar-refractivity contribution in [2.75, 3.05) is 57.1 Å². The average Bonchev–Trinajstić information content (AvgIpc) is 3.91. The number of rotatable bonds is 10. The molecule has 6 aromatic rings. The van der Waals surface area contributed by atoms with Crippen LogP contribution in [0.2, 0.25) is 5.02 Å². The summed E-state index contributed by atoms with van der Waals surface area (Å²) < 4.78 is 79.4. The first-order valence-electron chi connectivity index (χ1n) is 23.1. The van der Waals surface area contributed by atoms with Crippen LogP contribution in [-0.4, -0.2) is 110 Å². The number of nitrogens with two attached hydrogens (primary N) is 1. The van der Waals surface area contributed by atoms with Gasteiger partial charge in [-0.3, -0.25) is 9.59 Å². The summed E-state index contributed by atoms with van der Waals surface area (Å²) in [7, 11) is 1.96. The molecule has 4 aromatic heterocycles. The number of benzene rings is 2. The number of cyclic esters (lactones) is 1. The van der Waals surface area contributed by atoms with Crippen molar-refractivity contribution in [2.45, 2.75) is 77.0 Å². The molecular weight excluding hydrogens is 950 g/mol. The van der Waals surface area contributed by atoms with Crippen molar-refractivity contribution in [1.29, 1.82) is 0 Å². The summed E-state index contributed by atoms with van der Waals surface area (Å²) >= 11 is 6.70. The number of carbonyl (C=O) groups excluding carboxylic acids is 2. The summed E-state index contributed by atoms with van der Waals surface area (Å²) in [5.41, 5.74) is 3.48. The minimum Gasteiger partial charge on any atom is -0.489 e. The number of ether oxygens (including phenoxy) is 3. The van der Waals surface area contributed by atoms with Crippen molar-refractivity contribution in [2.24, 2.45) is 0 Å². The minimum absolute atomic E-state index is 0.0309. The van der Waals surface area contributed by atoms with Crippen LogP contribution in [0.15, 0.2) is 59.4 Å². The number of anilines is 2. The van der Waals surface area contributed by atoms with E-state index in [0.29, 0.717) is 28.0 Å². The van der Waals surface area contributed by atoms with Crippen LogP contribution >= 0.6 is 11.6 Å². The van der Waals surface area contributed by atoms with Gasteiger partial charge in [0, 0.05) is 59.2 Å². The van der Waals surface area contributed by atoms with Crippen LogP contribution in [0.4, 0.5) is 29.2 Å². The van der Waals surface area contributed by atoms with Crippen LogP contribution in [0.5, 0.6) is 11.8 Å². The van der Waals surface area contributed by atoms with E-state index in [9.17, 15) is 32.7 Å². The van der Waals surface area contributed by atoms with Crippen LogP contribution in [0.25, 0.3) is 44.5 Å². The van der Waals surface area contributed by atoms with Gasteiger partial charge in [0.15, 0.2) is 11.4 Å². The van der Waals surface area contributed by atoms with Crippen molar-refractivity contribution in [3.05, 3.63) is 104 Å². The van der Waals surface area contributed by atoms with Gasteiger partial charge in [-0.05, 0) is 94.7 Å². The Morgan fingerprint density at radius 1 is 1.06 bits per heavy atom. The molecule has 3 N–H and O–H groups in total. The number of fused-ring (bicyclic) bond motifs is 6. The second kappa shape index (κ2) is 17.7. The Morgan fingerprint density at radius 2 is 1.85 bits per heavy atom. The molecule has 2 saturated heterocycles. The van der Waals surface area contributed by atoms with Crippen molar-refractivity contribution in [1.82, 2.24) is 34.3 Å². The number of piperazine rings is 1. The predicted molar refractivity (Wildman–Crippen MR) is 256 cm³/mol. The van der Waals surface area contributed by atoms with Crippen LogP contribution in [0.1, 0.15) is 60.9 Å². The molecule has 1 amide bonds. The van der Waals surface area contributed by atoms with E-state index in [0.717, 1.165) is 31.0 Å². The minimum atomic E-state index is -4.92. The highest BCUT2D eigenvalue weighted by Crippen LogP contribution is 2.45. The number of alkyl halides is 3. The molecule has 0 aliphatic carbocycles. The van der Waals surface area contributed by atoms with E-state index in [2.05, 4.69) is 21.4 Å². The zero-order valence-corrected chi connectivity index (χ0v) is 39.9. The Bertz CT molecular complexity index is 3320. The number of hydrogen-bond acceptors (Lipinski definition) is 14. The summed E-state index contributed by atoms with van der Waals surface area (Å²) in [6.45, 7) is 10.2. The molecule has 71 heavy (non-hydrogen) atoms. The first-order chi connectivity index (χ1) is 33.7. The van der Waals surface area contributed by atoms with Gasteiger partial charge < -0.3 is 44.3 Å². The maximum Gasteiger partial charge on any atom is 0.418 e. The maximum atomic E-state index is 17.0. The molecule has 4 aliphatic heterocycles. The molecule has 370 valence electrons. The Morgan fingerprint density at radius 3 is 2.56 bits per heavy atom. The summed E-state index contributed by atoms with van der Waals surface area (Å²) in [4.78, 5) is 63.6. The Kier molecular flexibility index (Phi) is 11.9. The first-order valence-corrected chi connectivity index (χ1v) is 23.5. The van der Waals surface area contributed by atoms with Crippen molar-refractivity contribution in [3.8, 4) is 34.4 Å². The number of pyridine rings is 3. The number of carbonyl (C=O) groups is 2. The number of halogens is 5. The van der Waals surface area contributed by atoms with E-state index in [1.807, 2.05) is 24.9 Å². The highest BCUT2D eigenvalue weighted by molar-refractivity contribution is 6.34. The Hall–Kier alpha value is -6.90. The highest BCUT2D eigenvalue weighted by atomic mass is 35.5. The van der Waals surface area contributed by atoms with Crippen molar-refractivity contribution in [3.63, 3.8) is 0 Å². The maximum absolute atomic E-state index is 17.0. The molecule has 0 radical (unpaired) electrons. The number of hydrogen-bond donors (Lipinski definition) is 2. The lowest BCUT2D eigenvalue weighted by Gasteiger charge is -2.41. The van der Waals surface area contributed by atoms with Crippen LogP contribution in [0.3, 0.4) is 0 Å². The fraction of sp³-hybridized carbons (Fsp3) is 0.380. The van der Waals surface area contributed by atoms with Gasteiger partial charge in [-0.25, -0.2) is 19.2 Å². The molecule has 2 aromatic carbocycles. The number of aliphatic hydroxyl groups is 1. The number of amides is 1. The number of nitrogens with zero attached hydrogens (tertiary/aromatic N) is 8. The van der Waals surface area contributed by atoms with Crippen molar-refractivity contribution < 1.29 is 46.5 Å². The molecular formula is C50H48ClF4N9O7. The molecule has 0 unspecified atom stereocenters. The molecule has 2 fully saturated rings. The van der Waals surface area contributed by atoms with E-state index < -0.39 is 46.4 Å². The standard InChI is InChI=1S/C50H48ClF4N9O7/c1-6-49(68)33-18-36-41-28(20-64(36)46(66)32(33)23-70-47(49)67)15-27-16-30(9-10-35(27)57-41)69-21-25(3)45(65)62-12-13-63(26(4)19-62)44-31-17-34(51)38(43-39(50(53,54)55)24(2)14-37(56)58-43)40(52)42(31)59-48(60-44)71-22-29-8-7-11-61(29)5/h9-10,14-18,26,29,68H,3,6-8,11-13,19-23H2,1-2,4-5H3,(H2,56,58)/t26-,29-,49-/m0/s1. The summed E-state index contributed by atoms with van der Waals surface area (Å²) in [5.74, 6) is -1.91. The number of esters is 1. The van der Waals surface area contributed by atoms with Gasteiger partial charge in [-0.15, -0.1) is 0 Å². The molecule has 16 nitrogen and oxygen atoms in total. The normalized spacial score (nSPS) is 20.0. The number of aryl methyl sites for hydroxylation is 1. The smallest absolute Gasteiger partial charge is 0.418 e. The zero-order chi connectivity index (χ0) is 50.4. The molecule has 0 bridgehead atoms. The molecule has 21 heteroatoms. The Balaban J connectivity index is 0.871. The van der Waals surface area contributed by atoms with Gasteiger partial charge in [0.25, 0.3) is 11.5 Å². The monoisotopic (exact) mass is 997 g/mol. The molecule has 0 spiro atoms. The summed E-state index contributed by atoms with van der Waals surface area (Å²) in [6, 6.07) is 10.6. The molecule has 10 rings (SSSR count). The molecule has 8 heterocycles. The van der Waals surface area contributed by atoms with Crippen LogP contribution in [0, 0.1) is 12.7 Å². The quantitative estimate of drug-likeness (QED) is 0.0815. The Labute approximate surface area is 408 Å². The van der Waals surface area contributed by atoms with Gasteiger partial charge in [0.05, 0.1) is 50.9 Å². The van der Waals surface area contributed by atoms with Gasteiger partial charge >= 0.3 is 18.2 Å². The van der Waals surface area contributed by atoms with E-state index >= 15 is 4.39 Å². The summed E-state index contributed by atoms with van der Waals surface area (Å²) in [6.07, 6.45) is -3.08. The molecule has 0 saturated carbocycles. The fourth-order valence-corrected chi connectivity index (χ4v) is 10.5. The second-order valence-corrected chi connectivity index (χ2v) is 19.0. The third kappa shape index (κ3) is 8.24. The summed E-state index contributed by atoms with van der Waals surface area (Å²) in [5, 5.41) is 11.7. The lowest BCUT2D eigenvalue weighted by Crippen LogP contribution is -2.54. The number of aromatic nitrogens is 5. The van der Waals surface area contributed by atoms with Gasteiger partial charge in [0.2, 0.25) is 0 Å². The zero-order valence-electron chi connectivity index (χ0n) is 39.1. The number of nitrogen functional groups attached to an aromatic ring is 1. The third-order valence-electron chi connectivity index (χ3n) is 14.1. The van der Waals surface area contributed by atoms with E-state index in [4.69, 9.17) is 41.5 Å². The lowest BCUT2D eigenvalue weighted by molar-refractivity contribution is -0.172. The fourth-order valence-electron chi connectivity index (χ4n) is 10.2. The predicted octanol–water partition coefficient (Wildman–Crippen LogP) is 6.93. The average molecular weight is 998 g/mol. The number of likely N-dealkylation sites (tertiary alicyclic amines) is 1. The number of likely N-dealkylation sites (N-methyl/N-ethyl adjacent to an activating group) is 1. The lowest BCUT2D eigenvalue weighted by atomic mass is 9.86. The first kappa shape index (κ1) is 47.8. The van der Waals surface area contributed by atoms with Crippen molar-refractivity contribution >= 4 is 56.9 Å². The van der Waals surface area contributed by atoms with E-state index in [1.165, 1.54) is 13.0 Å². The topological polar surface area (TPSA) is 191 Å². The third-order valence-corrected chi connectivity index (χ3v) is 14.4. The largest absolute Gasteiger partial charge is 0.489 e. The van der Waals surface area contributed by atoms with Gasteiger partial charge in [-0.1, -0.05) is 25.1 Å². The van der Waals surface area contributed by atoms with Crippen LogP contribution in [-0.2, 0) is 39.3 Å². The second-order valence-electron chi connectivity index (χ2n) is 18.6. The highest BCUT2D eigenvalue weighted by Gasteiger charge is 2.46. The molecule has 3 atom stereocenters.